The van der Waals surface area contributed by atoms with E-state index >= 15 is 0 Å². The standard InChI is InChI=1S/C8H7ClFNO/c9-7-3-5(8(11)12)1-2-6(7)4-10/h1-3H,4H2,(H2,11,12). The highest BCUT2D eigenvalue weighted by Gasteiger charge is 2.04. The highest BCUT2D eigenvalue weighted by molar-refractivity contribution is 6.31. The van der Waals surface area contributed by atoms with Gasteiger partial charge in [-0.2, -0.15) is 0 Å². The van der Waals surface area contributed by atoms with Crippen molar-refractivity contribution in [3.05, 3.63) is 34.3 Å². The van der Waals surface area contributed by atoms with Gasteiger partial charge in [0, 0.05) is 16.1 Å². The third-order valence-corrected chi connectivity index (χ3v) is 1.83. The number of hydrogen-bond donors (Lipinski definition) is 1. The van der Waals surface area contributed by atoms with Crippen molar-refractivity contribution >= 4 is 17.5 Å². The largest absolute Gasteiger partial charge is 0.366 e. The lowest BCUT2D eigenvalue weighted by atomic mass is 10.1. The molecule has 2 N–H and O–H groups in total. The lowest BCUT2D eigenvalue weighted by Crippen LogP contribution is -2.10. The number of nitrogens with two attached hydrogens (primary N) is 1. The predicted octanol–water partition coefficient (Wildman–Crippen LogP) is 1.91. The van der Waals surface area contributed by atoms with Crippen LogP contribution in [0.25, 0.3) is 0 Å². The maximum absolute atomic E-state index is 12.1. The molecule has 0 saturated carbocycles. The van der Waals surface area contributed by atoms with Crippen LogP contribution in [0.1, 0.15) is 15.9 Å². The minimum absolute atomic E-state index is 0.230. The van der Waals surface area contributed by atoms with Crippen molar-refractivity contribution < 1.29 is 9.18 Å². The molecule has 0 spiro atoms. The average molecular weight is 188 g/mol. The highest BCUT2D eigenvalue weighted by atomic mass is 35.5. The van der Waals surface area contributed by atoms with Crippen LogP contribution in [0.3, 0.4) is 0 Å². The van der Waals surface area contributed by atoms with Gasteiger partial charge in [0.25, 0.3) is 0 Å². The van der Waals surface area contributed by atoms with Gasteiger partial charge >= 0.3 is 0 Å². The molecular weight excluding hydrogens is 181 g/mol. The van der Waals surface area contributed by atoms with Gasteiger partial charge in [-0.05, 0) is 12.1 Å². The second-order valence-corrected chi connectivity index (χ2v) is 2.71. The van der Waals surface area contributed by atoms with Crippen molar-refractivity contribution in [1.29, 1.82) is 0 Å². The Morgan fingerprint density at radius 1 is 1.58 bits per heavy atom. The Morgan fingerprint density at radius 3 is 2.67 bits per heavy atom. The van der Waals surface area contributed by atoms with Gasteiger partial charge in [0.1, 0.15) is 6.67 Å². The third-order valence-electron chi connectivity index (χ3n) is 1.48. The predicted molar refractivity (Wildman–Crippen MR) is 44.8 cm³/mol. The molecule has 1 amide bonds. The smallest absolute Gasteiger partial charge is 0.248 e. The maximum atomic E-state index is 12.1. The molecule has 0 fully saturated rings. The SMILES string of the molecule is NC(=O)c1ccc(CF)c(Cl)c1. The molecule has 4 heteroatoms. The monoisotopic (exact) mass is 187 g/mol. The number of amides is 1. The number of carbonyl (C=O) groups excluding carboxylic acids is 1. The zero-order valence-corrected chi connectivity index (χ0v) is 6.94. The molecule has 12 heavy (non-hydrogen) atoms. The van der Waals surface area contributed by atoms with E-state index in [9.17, 15) is 9.18 Å². The Balaban J connectivity index is 3.10. The van der Waals surface area contributed by atoms with Crippen LogP contribution in [0, 0.1) is 0 Å². The zero-order valence-electron chi connectivity index (χ0n) is 6.18. The van der Waals surface area contributed by atoms with Crippen LogP contribution in [0.15, 0.2) is 18.2 Å². The molecule has 1 aromatic carbocycles. The maximum Gasteiger partial charge on any atom is 0.248 e. The molecule has 0 aliphatic carbocycles. The number of alkyl halides is 1. The first-order valence-corrected chi connectivity index (χ1v) is 3.67. The fourth-order valence-corrected chi connectivity index (χ4v) is 1.04. The Kier molecular flexibility index (Phi) is 2.65. The molecule has 2 nitrogen and oxygen atoms in total. The number of primary amides is 1. The highest BCUT2D eigenvalue weighted by Crippen LogP contribution is 2.18. The molecule has 0 bridgehead atoms. The number of hydrogen-bond acceptors (Lipinski definition) is 1. The fraction of sp³-hybridized carbons (Fsp3) is 0.125. The molecule has 0 unspecified atom stereocenters. The van der Waals surface area contributed by atoms with Crippen molar-refractivity contribution in [1.82, 2.24) is 0 Å². The first kappa shape index (κ1) is 9.00. The molecule has 0 radical (unpaired) electrons. The summed E-state index contributed by atoms with van der Waals surface area (Å²) in [5.41, 5.74) is 5.63. The van der Waals surface area contributed by atoms with Gasteiger partial charge in [-0.15, -0.1) is 0 Å². The van der Waals surface area contributed by atoms with Gasteiger partial charge < -0.3 is 5.73 Å². The average Bonchev–Trinajstić information content (AvgIpc) is 2.04. The fourth-order valence-electron chi connectivity index (χ4n) is 0.809. The molecule has 64 valence electrons. The van der Waals surface area contributed by atoms with E-state index in [1.807, 2.05) is 0 Å². The zero-order chi connectivity index (χ0) is 9.14. The van der Waals surface area contributed by atoms with E-state index < -0.39 is 12.6 Å². The van der Waals surface area contributed by atoms with E-state index in [2.05, 4.69) is 0 Å². The number of rotatable bonds is 2. The minimum Gasteiger partial charge on any atom is -0.366 e. The van der Waals surface area contributed by atoms with Crippen molar-refractivity contribution in [2.24, 2.45) is 5.73 Å². The third kappa shape index (κ3) is 1.74. The molecule has 1 aromatic rings. The number of carbonyl (C=O) groups is 1. The van der Waals surface area contributed by atoms with Crippen molar-refractivity contribution in [2.75, 3.05) is 0 Å². The topological polar surface area (TPSA) is 43.1 Å². The Hall–Kier alpha value is -1.09. The van der Waals surface area contributed by atoms with E-state index in [4.69, 9.17) is 17.3 Å². The van der Waals surface area contributed by atoms with Crippen LogP contribution in [-0.4, -0.2) is 5.91 Å². The molecule has 0 heterocycles. The van der Waals surface area contributed by atoms with Gasteiger partial charge in [-0.25, -0.2) is 4.39 Å². The van der Waals surface area contributed by atoms with Crippen molar-refractivity contribution in [3.63, 3.8) is 0 Å². The summed E-state index contributed by atoms with van der Waals surface area (Å²) < 4.78 is 12.1. The summed E-state index contributed by atoms with van der Waals surface area (Å²) in [5.74, 6) is -0.567. The van der Waals surface area contributed by atoms with E-state index in [0.29, 0.717) is 5.56 Å². The Labute approximate surface area is 74.1 Å². The van der Waals surface area contributed by atoms with Gasteiger partial charge in [-0.1, -0.05) is 17.7 Å². The van der Waals surface area contributed by atoms with E-state index in [1.165, 1.54) is 18.2 Å². The normalized spacial score (nSPS) is 9.83. The van der Waals surface area contributed by atoms with Crippen LogP contribution in [-0.2, 0) is 6.67 Å². The number of halogens is 2. The van der Waals surface area contributed by atoms with Crippen LogP contribution >= 0.6 is 11.6 Å². The first-order chi connectivity index (χ1) is 5.65. The first-order valence-electron chi connectivity index (χ1n) is 3.29. The Bertz CT molecular complexity index is 314. The van der Waals surface area contributed by atoms with Gasteiger partial charge in [0.2, 0.25) is 5.91 Å². The molecule has 0 aliphatic rings. The summed E-state index contributed by atoms with van der Waals surface area (Å²) in [7, 11) is 0. The molecule has 0 atom stereocenters. The van der Waals surface area contributed by atoms with Crippen molar-refractivity contribution in [2.45, 2.75) is 6.67 Å². The van der Waals surface area contributed by atoms with E-state index in [1.54, 1.807) is 0 Å². The molecule has 1 rings (SSSR count). The van der Waals surface area contributed by atoms with E-state index in [0.717, 1.165) is 0 Å². The summed E-state index contributed by atoms with van der Waals surface area (Å²) in [6, 6.07) is 4.25. The van der Waals surface area contributed by atoms with Gasteiger partial charge in [0.15, 0.2) is 0 Å². The van der Waals surface area contributed by atoms with E-state index in [-0.39, 0.29) is 10.6 Å². The number of benzene rings is 1. The van der Waals surface area contributed by atoms with Crippen LogP contribution in [0.2, 0.25) is 5.02 Å². The molecule has 0 saturated heterocycles. The minimum atomic E-state index is -0.641. The molecule has 0 aliphatic heterocycles. The quantitative estimate of drug-likeness (QED) is 0.755. The summed E-state index contributed by atoms with van der Waals surface area (Å²) in [5, 5.41) is 0.230. The van der Waals surface area contributed by atoms with Crippen LogP contribution < -0.4 is 5.73 Å². The summed E-state index contributed by atoms with van der Waals surface area (Å²) in [6.07, 6.45) is 0. The lowest BCUT2D eigenvalue weighted by molar-refractivity contribution is 0.100. The molecular formula is C8H7ClFNO. The second-order valence-electron chi connectivity index (χ2n) is 2.30. The summed E-state index contributed by atoms with van der Waals surface area (Å²) in [4.78, 5) is 10.6. The molecule has 0 aromatic heterocycles. The van der Waals surface area contributed by atoms with Crippen molar-refractivity contribution in [3.8, 4) is 0 Å². The lowest BCUT2D eigenvalue weighted by Gasteiger charge is -2.00. The summed E-state index contributed by atoms with van der Waals surface area (Å²) in [6.45, 7) is -0.641. The summed E-state index contributed by atoms with van der Waals surface area (Å²) >= 11 is 5.63. The van der Waals surface area contributed by atoms with Gasteiger partial charge in [0.05, 0.1) is 0 Å². The van der Waals surface area contributed by atoms with Gasteiger partial charge in [-0.3, -0.25) is 4.79 Å². The second kappa shape index (κ2) is 3.54. The van der Waals surface area contributed by atoms with Crippen LogP contribution in [0.4, 0.5) is 4.39 Å². The van der Waals surface area contributed by atoms with Crippen LogP contribution in [0.5, 0.6) is 0 Å². The Morgan fingerprint density at radius 2 is 2.25 bits per heavy atom.